The van der Waals surface area contributed by atoms with E-state index in [9.17, 15) is 4.79 Å². The van der Waals surface area contributed by atoms with Gasteiger partial charge in [-0.25, -0.2) is 0 Å². The second kappa shape index (κ2) is 6.02. The lowest BCUT2D eigenvalue weighted by atomic mass is 9.93. The molecule has 1 aliphatic carbocycles. The molecular formula is C14H27N3O. The molecule has 104 valence electrons. The van der Waals surface area contributed by atoms with Crippen molar-refractivity contribution < 1.29 is 4.79 Å². The molecule has 0 radical (unpaired) electrons. The predicted molar refractivity (Wildman–Crippen MR) is 73.2 cm³/mol. The second-order valence-corrected chi connectivity index (χ2v) is 6.15. The molecule has 1 saturated heterocycles. The first kappa shape index (κ1) is 13.8. The number of carbonyl (C=O) groups excluding carboxylic acids is 1. The molecule has 1 aliphatic heterocycles. The van der Waals surface area contributed by atoms with Crippen LogP contribution in [0.4, 0.5) is 0 Å². The van der Waals surface area contributed by atoms with Crippen LogP contribution in [0.3, 0.4) is 0 Å². The summed E-state index contributed by atoms with van der Waals surface area (Å²) in [6.45, 7) is 3.19. The van der Waals surface area contributed by atoms with Crippen LogP contribution in [-0.4, -0.2) is 43.0 Å². The Labute approximate surface area is 110 Å². The van der Waals surface area contributed by atoms with Crippen molar-refractivity contribution in [1.29, 1.82) is 0 Å². The third-order valence-electron chi connectivity index (χ3n) is 4.62. The van der Waals surface area contributed by atoms with Gasteiger partial charge in [0.2, 0.25) is 5.91 Å². The number of hydrogen-bond donors (Lipinski definition) is 2. The zero-order valence-electron chi connectivity index (χ0n) is 11.6. The van der Waals surface area contributed by atoms with Crippen molar-refractivity contribution in [2.45, 2.75) is 50.5 Å². The lowest BCUT2D eigenvalue weighted by Gasteiger charge is -2.29. The Hall–Kier alpha value is -0.610. The van der Waals surface area contributed by atoms with E-state index in [0.717, 1.165) is 44.6 Å². The zero-order valence-corrected chi connectivity index (χ0v) is 11.6. The summed E-state index contributed by atoms with van der Waals surface area (Å²) in [7, 11) is 2.18. The summed E-state index contributed by atoms with van der Waals surface area (Å²) in [6, 6.07) is 0. The number of rotatable bonds is 4. The zero-order chi connectivity index (χ0) is 13.0. The van der Waals surface area contributed by atoms with E-state index in [1.54, 1.807) is 0 Å². The molecule has 1 heterocycles. The monoisotopic (exact) mass is 253 g/mol. The first-order valence-electron chi connectivity index (χ1n) is 7.36. The van der Waals surface area contributed by atoms with Crippen LogP contribution in [0.1, 0.15) is 44.9 Å². The van der Waals surface area contributed by atoms with E-state index in [1.807, 2.05) is 0 Å². The number of carbonyl (C=O) groups is 1. The molecule has 18 heavy (non-hydrogen) atoms. The topological polar surface area (TPSA) is 58.4 Å². The smallest absolute Gasteiger partial charge is 0.240 e. The van der Waals surface area contributed by atoms with Crippen LogP contribution in [0.25, 0.3) is 0 Å². The Morgan fingerprint density at radius 2 is 1.94 bits per heavy atom. The molecule has 3 N–H and O–H groups in total. The van der Waals surface area contributed by atoms with Crippen molar-refractivity contribution in [3.8, 4) is 0 Å². The Kier molecular flexibility index (Phi) is 4.62. The highest BCUT2D eigenvalue weighted by atomic mass is 16.2. The predicted octanol–water partition coefficient (Wildman–Crippen LogP) is 1.11. The number of hydrogen-bond acceptors (Lipinski definition) is 3. The van der Waals surface area contributed by atoms with Crippen molar-refractivity contribution in [2.24, 2.45) is 11.7 Å². The average Bonchev–Trinajstić information content (AvgIpc) is 2.80. The number of nitrogens with zero attached hydrogens (tertiary/aromatic N) is 1. The fourth-order valence-corrected chi connectivity index (χ4v) is 3.15. The molecule has 0 bridgehead atoms. The largest absolute Gasteiger partial charge is 0.354 e. The molecule has 1 saturated carbocycles. The third kappa shape index (κ3) is 3.45. The molecular weight excluding hydrogens is 226 g/mol. The van der Waals surface area contributed by atoms with Crippen molar-refractivity contribution in [3.05, 3.63) is 0 Å². The molecule has 2 fully saturated rings. The van der Waals surface area contributed by atoms with Gasteiger partial charge in [-0.2, -0.15) is 0 Å². The highest BCUT2D eigenvalue weighted by molar-refractivity contribution is 5.86. The van der Waals surface area contributed by atoms with E-state index in [1.165, 1.54) is 25.9 Å². The van der Waals surface area contributed by atoms with Gasteiger partial charge in [0, 0.05) is 6.54 Å². The molecule has 4 nitrogen and oxygen atoms in total. The second-order valence-electron chi connectivity index (χ2n) is 6.15. The fraction of sp³-hybridized carbons (Fsp3) is 0.929. The Morgan fingerprint density at radius 1 is 1.33 bits per heavy atom. The SMILES string of the molecule is CN1CCC(CCNC(=O)C2(N)CCCC2)CC1. The first-order chi connectivity index (χ1) is 8.60. The van der Waals surface area contributed by atoms with E-state index in [0.29, 0.717) is 0 Å². The van der Waals surface area contributed by atoms with Gasteiger partial charge in [-0.3, -0.25) is 4.79 Å². The van der Waals surface area contributed by atoms with Gasteiger partial charge in [0.05, 0.1) is 5.54 Å². The normalized spacial score (nSPS) is 25.2. The van der Waals surface area contributed by atoms with E-state index < -0.39 is 5.54 Å². The van der Waals surface area contributed by atoms with Gasteiger partial charge >= 0.3 is 0 Å². The number of likely N-dealkylation sites (tertiary alicyclic amines) is 1. The molecule has 4 heteroatoms. The van der Waals surface area contributed by atoms with Crippen LogP contribution in [0, 0.1) is 5.92 Å². The van der Waals surface area contributed by atoms with E-state index in [4.69, 9.17) is 5.73 Å². The van der Waals surface area contributed by atoms with E-state index in [-0.39, 0.29) is 5.91 Å². The minimum Gasteiger partial charge on any atom is -0.354 e. The van der Waals surface area contributed by atoms with E-state index in [2.05, 4.69) is 17.3 Å². The van der Waals surface area contributed by atoms with Crippen LogP contribution in [0.5, 0.6) is 0 Å². The third-order valence-corrected chi connectivity index (χ3v) is 4.62. The Morgan fingerprint density at radius 3 is 2.56 bits per heavy atom. The summed E-state index contributed by atoms with van der Waals surface area (Å²) in [6.07, 6.45) is 7.54. The molecule has 2 rings (SSSR count). The summed E-state index contributed by atoms with van der Waals surface area (Å²) in [4.78, 5) is 14.4. The Balaban J connectivity index is 1.64. The summed E-state index contributed by atoms with van der Waals surface area (Å²) < 4.78 is 0. The molecule has 0 aromatic carbocycles. The van der Waals surface area contributed by atoms with Gasteiger partial charge in [0.1, 0.15) is 0 Å². The van der Waals surface area contributed by atoms with Crippen molar-refractivity contribution in [2.75, 3.05) is 26.7 Å². The molecule has 0 aromatic rings. The highest BCUT2D eigenvalue weighted by Gasteiger charge is 2.36. The first-order valence-corrected chi connectivity index (χ1v) is 7.36. The minimum absolute atomic E-state index is 0.0768. The minimum atomic E-state index is -0.563. The maximum Gasteiger partial charge on any atom is 0.240 e. The highest BCUT2D eigenvalue weighted by Crippen LogP contribution is 2.27. The Bertz CT molecular complexity index is 279. The number of nitrogens with two attached hydrogens (primary N) is 1. The average molecular weight is 253 g/mol. The van der Waals surface area contributed by atoms with Gasteiger partial charge < -0.3 is 16.0 Å². The van der Waals surface area contributed by atoms with Gasteiger partial charge in [-0.05, 0) is 58.2 Å². The van der Waals surface area contributed by atoms with Gasteiger partial charge in [-0.15, -0.1) is 0 Å². The number of amides is 1. The molecule has 1 amide bonds. The maximum atomic E-state index is 12.0. The van der Waals surface area contributed by atoms with Gasteiger partial charge in [0.15, 0.2) is 0 Å². The summed E-state index contributed by atoms with van der Waals surface area (Å²) in [5, 5.41) is 3.05. The van der Waals surface area contributed by atoms with Crippen LogP contribution in [0.2, 0.25) is 0 Å². The van der Waals surface area contributed by atoms with Crippen molar-refractivity contribution in [3.63, 3.8) is 0 Å². The molecule has 2 aliphatic rings. The van der Waals surface area contributed by atoms with E-state index >= 15 is 0 Å². The number of nitrogens with one attached hydrogen (secondary N) is 1. The van der Waals surface area contributed by atoms with Gasteiger partial charge in [-0.1, -0.05) is 12.8 Å². The van der Waals surface area contributed by atoms with Crippen molar-refractivity contribution in [1.82, 2.24) is 10.2 Å². The summed E-state index contributed by atoms with van der Waals surface area (Å²) in [5.41, 5.74) is 5.56. The van der Waals surface area contributed by atoms with Crippen LogP contribution in [0.15, 0.2) is 0 Å². The van der Waals surface area contributed by atoms with Crippen LogP contribution in [-0.2, 0) is 4.79 Å². The van der Waals surface area contributed by atoms with Gasteiger partial charge in [0.25, 0.3) is 0 Å². The standard InChI is InChI=1S/C14H27N3O/c1-17-10-5-12(6-11-17)4-9-16-13(18)14(15)7-2-3-8-14/h12H,2-11,15H2,1H3,(H,16,18). The molecule has 0 atom stereocenters. The maximum absolute atomic E-state index is 12.0. The fourth-order valence-electron chi connectivity index (χ4n) is 3.15. The number of piperidine rings is 1. The summed E-state index contributed by atoms with van der Waals surface area (Å²) in [5.74, 6) is 0.853. The quantitative estimate of drug-likeness (QED) is 0.789. The lowest BCUT2D eigenvalue weighted by Crippen LogP contribution is -2.52. The van der Waals surface area contributed by atoms with Crippen molar-refractivity contribution >= 4 is 5.91 Å². The lowest BCUT2D eigenvalue weighted by molar-refractivity contribution is -0.126. The summed E-state index contributed by atoms with van der Waals surface area (Å²) >= 11 is 0. The molecule has 0 aromatic heterocycles. The molecule has 0 spiro atoms. The molecule has 0 unspecified atom stereocenters. The van der Waals surface area contributed by atoms with Crippen LogP contribution < -0.4 is 11.1 Å². The van der Waals surface area contributed by atoms with Crippen LogP contribution >= 0.6 is 0 Å².